The van der Waals surface area contributed by atoms with Crippen molar-refractivity contribution in [1.29, 1.82) is 0 Å². The Kier molecular flexibility index (Phi) is 7.42. The van der Waals surface area contributed by atoms with Crippen LogP contribution in [0.5, 0.6) is 0 Å². The fourth-order valence-corrected chi connectivity index (χ4v) is 9.38. The van der Waals surface area contributed by atoms with Gasteiger partial charge >= 0.3 is 0 Å². The van der Waals surface area contributed by atoms with Gasteiger partial charge in [0.15, 0.2) is 0 Å². The molecule has 0 heterocycles. The molecule has 0 saturated carbocycles. The van der Waals surface area contributed by atoms with Crippen LogP contribution in [-0.4, -0.2) is 0 Å². The molecule has 0 bridgehead atoms. The molecule has 0 amide bonds. The Morgan fingerprint density at radius 3 is 1.17 bits per heavy atom. The van der Waals surface area contributed by atoms with Crippen LogP contribution in [0, 0.1) is 0 Å². The highest BCUT2D eigenvalue weighted by molar-refractivity contribution is 5.91. The third kappa shape index (κ3) is 4.73. The fraction of sp³-hybridized carbons (Fsp3) is 0.0769. The molecular weight excluding hydrogens is 653 g/mol. The van der Waals surface area contributed by atoms with Gasteiger partial charge in [-0.05, 0) is 111 Å². The lowest BCUT2D eigenvalue weighted by Crippen LogP contribution is -2.40. The summed E-state index contributed by atoms with van der Waals surface area (Å²) in [7, 11) is 0. The minimum absolute atomic E-state index is 0.145. The predicted molar refractivity (Wildman–Crippen MR) is 225 cm³/mol. The molecule has 0 unspecified atom stereocenters. The van der Waals surface area contributed by atoms with Crippen LogP contribution in [0.25, 0.3) is 11.1 Å². The van der Waals surface area contributed by atoms with Crippen molar-refractivity contribution in [1.82, 2.24) is 0 Å². The normalized spacial score (nSPS) is 14.0. The van der Waals surface area contributed by atoms with Gasteiger partial charge in [0.25, 0.3) is 0 Å². The second kappa shape index (κ2) is 12.5. The van der Waals surface area contributed by atoms with Gasteiger partial charge in [-0.25, -0.2) is 0 Å². The van der Waals surface area contributed by atoms with E-state index in [-0.39, 0.29) is 5.41 Å². The van der Waals surface area contributed by atoms with Crippen LogP contribution in [-0.2, 0) is 10.8 Å². The summed E-state index contributed by atoms with van der Waals surface area (Å²) in [6.07, 6.45) is 0. The maximum absolute atomic E-state index is 2.48. The van der Waals surface area contributed by atoms with Crippen LogP contribution in [0.3, 0.4) is 0 Å². The molecule has 54 heavy (non-hydrogen) atoms. The highest BCUT2D eigenvalue weighted by Crippen LogP contribution is 2.62. The number of para-hydroxylation sites is 3. The molecule has 0 saturated heterocycles. The summed E-state index contributed by atoms with van der Waals surface area (Å²) in [4.78, 5) is 4.75. The average molecular weight is 693 g/mol. The molecular formula is C52H40N2. The van der Waals surface area contributed by atoms with Crippen LogP contribution >= 0.6 is 0 Å². The molecule has 10 rings (SSSR count). The highest BCUT2D eigenvalue weighted by atomic mass is 15.2. The number of anilines is 6. The van der Waals surface area contributed by atoms with Gasteiger partial charge in [0.2, 0.25) is 0 Å². The number of fused-ring (bicyclic) bond motifs is 9. The number of benzene rings is 8. The summed E-state index contributed by atoms with van der Waals surface area (Å²) in [5, 5.41) is 0. The summed E-state index contributed by atoms with van der Waals surface area (Å²) in [6.45, 7) is 4.77. The third-order valence-corrected chi connectivity index (χ3v) is 11.7. The van der Waals surface area contributed by atoms with E-state index in [1.807, 2.05) is 0 Å². The second-order valence-electron chi connectivity index (χ2n) is 14.9. The zero-order valence-electron chi connectivity index (χ0n) is 30.5. The van der Waals surface area contributed by atoms with Crippen LogP contribution in [0.2, 0.25) is 0 Å². The topological polar surface area (TPSA) is 6.48 Å². The van der Waals surface area contributed by atoms with Crippen LogP contribution in [0.1, 0.15) is 47.2 Å². The largest absolute Gasteiger partial charge is 0.310 e. The van der Waals surface area contributed by atoms with E-state index in [0.717, 1.165) is 34.1 Å². The van der Waals surface area contributed by atoms with Crippen molar-refractivity contribution in [2.75, 3.05) is 9.80 Å². The van der Waals surface area contributed by atoms with E-state index in [9.17, 15) is 0 Å². The molecule has 0 aromatic heterocycles. The Bertz CT molecular complexity index is 2550. The zero-order chi connectivity index (χ0) is 36.3. The van der Waals surface area contributed by atoms with Gasteiger partial charge in [-0.15, -0.1) is 0 Å². The lowest BCUT2D eigenvalue weighted by atomic mass is 9.55. The van der Waals surface area contributed by atoms with E-state index in [1.165, 1.54) is 44.5 Å². The summed E-state index contributed by atoms with van der Waals surface area (Å²) in [6, 6.07) is 75.5. The van der Waals surface area contributed by atoms with Gasteiger partial charge in [-0.1, -0.05) is 153 Å². The van der Waals surface area contributed by atoms with Crippen molar-refractivity contribution in [3.05, 3.63) is 240 Å². The smallest absolute Gasteiger partial charge is 0.0720 e. The molecule has 0 atom stereocenters. The van der Waals surface area contributed by atoms with Crippen LogP contribution < -0.4 is 9.80 Å². The fourth-order valence-electron chi connectivity index (χ4n) is 9.38. The SMILES string of the molecule is CC1(C)c2ccccc2C2(c3ccccc3-c3ccc(N(c4ccccc4)c4cccc(N(c5ccccc5)c5ccccc5)c4)cc32)c2ccccc21. The standard InChI is InChI=1S/C52H40N2/c1-51(2)46-29-14-16-31-48(46)52(49-32-17-15-30-47(49)51)45-28-13-12-27-43(45)44-34-33-42(36-50(44)52)54(39-23-10-5-11-24-39)41-26-18-25-40(35-41)53(37-19-6-3-7-20-37)38-21-8-4-9-22-38/h3-36H,1-2H3. The van der Waals surface area contributed by atoms with Crippen molar-refractivity contribution in [3.8, 4) is 11.1 Å². The first-order chi connectivity index (χ1) is 26.6. The van der Waals surface area contributed by atoms with Crippen LogP contribution in [0.15, 0.2) is 206 Å². The maximum atomic E-state index is 2.48. The number of hydrogen-bond donors (Lipinski definition) is 0. The maximum Gasteiger partial charge on any atom is 0.0720 e. The molecule has 2 heteroatoms. The third-order valence-electron chi connectivity index (χ3n) is 11.7. The van der Waals surface area contributed by atoms with Gasteiger partial charge in [-0.2, -0.15) is 0 Å². The summed E-state index contributed by atoms with van der Waals surface area (Å²) in [5.74, 6) is 0. The highest BCUT2D eigenvalue weighted by Gasteiger charge is 2.53. The lowest BCUT2D eigenvalue weighted by molar-refractivity contribution is 0.563. The second-order valence-corrected chi connectivity index (χ2v) is 14.9. The number of rotatable bonds is 6. The first-order valence-corrected chi connectivity index (χ1v) is 18.9. The molecule has 258 valence electrons. The Balaban J connectivity index is 1.22. The van der Waals surface area contributed by atoms with Crippen LogP contribution in [0.4, 0.5) is 34.1 Å². The lowest BCUT2D eigenvalue weighted by Gasteiger charge is -2.46. The van der Waals surface area contributed by atoms with Crippen molar-refractivity contribution in [3.63, 3.8) is 0 Å². The molecule has 0 radical (unpaired) electrons. The molecule has 0 N–H and O–H groups in total. The molecule has 2 nitrogen and oxygen atoms in total. The summed E-state index contributed by atoms with van der Waals surface area (Å²) < 4.78 is 0. The Labute approximate surface area is 318 Å². The molecule has 8 aromatic carbocycles. The van der Waals surface area contributed by atoms with Gasteiger partial charge in [-0.3, -0.25) is 0 Å². The molecule has 0 fully saturated rings. The zero-order valence-corrected chi connectivity index (χ0v) is 30.5. The predicted octanol–water partition coefficient (Wildman–Crippen LogP) is 13.6. The average Bonchev–Trinajstić information content (AvgIpc) is 3.52. The van der Waals surface area contributed by atoms with Gasteiger partial charge < -0.3 is 9.80 Å². The first kappa shape index (κ1) is 32.0. The summed E-state index contributed by atoms with van der Waals surface area (Å²) >= 11 is 0. The minimum Gasteiger partial charge on any atom is -0.310 e. The monoisotopic (exact) mass is 692 g/mol. The Morgan fingerprint density at radius 1 is 0.278 bits per heavy atom. The van der Waals surface area contributed by atoms with Gasteiger partial charge in [0.1, 0.15) is 0 Å². The summed E-state index contributed by atoms with van der Waals surface area (Å²) in [5.41, 5.74) is 16.8. The molecule has 0 aliphatic heterocycles. The first-order valence-electron chi connectivity index (χ1n) is 18.9. The van der Waals surface area contributed by atoms with Crippen molar-refractivity contribution in [2.45, 2.75) is 24.7 Å². The van der Waals surface area contributed by atoms with Gasteiger partial charge in [0, 0.05) is 39.5 Å². The van der Waals surface area contributed by atoms with E-state index in [2.05, 4.69) is 230 Å². The quantitative estimate of drug-likeness (QED) is 0.171. The van der Waals surface area contributed by atoms with Gasteiger partial charge in [0.05, 0.1) is 5.41 Å². The van der Waals surface area contributed by atoms with Crippen molar-refractivity contribution < 1.29 is 0 Å². The number of nitrogens with zero attached hydrogens (tertiary/aromatic N) is 2. The molecule has 2 aliphatic rings. The molecule has 2 aliphatic carbocycles. The number of hydrogen-bond acceptors (Lipinski definition) is 2. The van der Waals surface area contributed by atoms with Crippen molar-refractivity contribution in [2.24, 2.45) is 0 Å². The van der Waals surface area contributed by atoms with Crippen molar-refractivity contribution >= 4 is 34.1 Å². The molecule has 8 aromatic rings. The van der Waals surface area contributed by atoms with E-state index in [1.54, 1.807) is 0 Å². The van der Waals surface area contributed by atoms with E-state index >= 15 is 0 Å². The van der Waals surface area contributed by atoms with E-state index in [0.29, 0.717) is 0 Å². The Morgan fingerprint density at radius 2 is 0.648 bits per heavy atom. The molecule has 1 spiro atoms. The van der Waals surface area contributed by atoms with E-state index < -0.39 is 5.41 Å². The Hall–Kier alpha value is -6.64. The van der Waals surface area contributed by atoms with E-state index in [4.69, 9.17) is 0 Å². The minimum atomic E-state index is -0.466.